The van der Waals surface area contributed by atoms with Crippen LogP contribution in [0.2, 0.25) is 0 Å². The zero-order valence-corrected chi connectivity index (χ0v) is 14.9. The predicted octanol–water partition coefficient (Wildman–Crippen LogP) is 3.45. The summed E-state index contributed by atoms with van der Waals surface area (Å²) < 4.78 is 5.16. The van der Waals surface area contributed by atoms with Gasteiger partial charge in [0, 0.05) is 24.4 Å². The first-order valence-electron chi connectivity index (χ1n) is 7.52. The Morgan fingerprint density at radius 1 is 1.40 bits per heavy atom. The predicted molar refractivity (Wildman–Crippen MR) is 95.1 cm³/mol. The first kappa shape index (κ1) is 18.6. The highest BCUT2D eigenvalue weighted by molar-refractivity contribution is 7.13. The summed E-state index contributed by atoms with van der Waals surface area (Å²) in [4.78, 5) is 30.0. The lowest BCUT2D eigenvalue weighted by Crippen LogP contribution is -2.27. The van der Waals surface area contributed by atoms with Gasteiger partial charge in [-0.3, -0.25) is 15.4 Å². The van der Waals surface area contributed by atoms with Gasteiger partial charge in [0.25, 0.3) is 5.69 Å². The molecule has 10 heteroatoms. The monoisotopic (exact) mass is 365 g/mol. The fourth-order valence-electron chi connectivity index (χ4n) is 1.79. The molecule has 0 aliphatic rings. The van der Waals surface area contributed by atoms with Crippen LogP contribution in [0.4, 0.5) is 21.4 Å². The first-order valence-corrected chi connectivity index (χ1v) is 8.39. The summed E-state index contributed by atoms with van der Waals surface area (Å²) >= 11 is 1.31. The highest BCUT2D eigenvalue weighted by atomic mass is 32.1. The first-order chi connectivity index (χ1) is 11.7. The Hall–Kier alpha value is -2.75. The van der Waals surface area contributed by atoms with E-state index in [1.54, 1.807) is 26.8 Å². The second-order valence-electron chi connectivity index (χ2n) is 6.11. The minimum Gasteiger partial charge on any atom is -0.444 e. The van der Waals surface area contributed by atoms with Gasteiger partial charge >= 0.3 is 6.09 Å². The lowest BCUT2D eigenvalue weighted by atomic mass is 10.2. The van der Waals surface area contributed by atoms with Gasteiger partial charge in [-0.1, -0.05) is 0 Å². The number of nitrogens with one attached hydrogen (secondary N) is 2. The number of anilines is 2. The molecule has 0 saturated carbocycles. The van der Waals surface area contributed by atoms with Gasteiger partial charge in [-0.2, -0.15) is 0 Å². The van der Waals surface area contributed by atoms with Crippen molar-refractivity contribution in [1.29, 1.82) is 0 Å². The Bertz CT molecular complexity index is 739. The Morgan fingerprint density at radius 2 is 2.16 bits per heavy atom. The molecule has 0 aliphatic carbocycles. The third-order valence-corrected chi connectivity index (χ3v) is 3.61. The summed E-state index contributed by atoms with van der Waals surface area (Å²) in [6.07, 6.45) is 1.28. The number of hydrogen-bond acceptors (Lipinski definition) is 8. The number of carbonyl (C=O) groups excluding carboxylic acids is 1. The van der Waals surface area contributed by atoms with Crippen LogP contribution in [0.15, 0.2) is 23.7 Å². The van der Waals surface area contributed by atoms with Gasteiger partial charge in [0.1, 0.15) is 17.6 Å². The SMILES string of the molecule is CC(C)(C)OC(=O)Nc1nc(CCNc2ccc([N+](=O)[O-])cn2)cs1. The van der Waals surface area contributed by atoms with Crippen molar-refractivity contribution >= 4 is 34.1 Å². The van der Waals surface area contributed by atoms with Gasteiger partial charge in [0.05, 0.1) is 10.6 Å². The number of carbonyl (C=O) groups is 1. The van der Waals surface area contributed by atoms with Crippen LogP contribution in [0.3, 0.4) is 0 Å². The number of hydrogen-bond donors (Lipinski definition) is 2. The maximum Gasteiger partial charge on any atom is 0.413 e. The second kappa shape index (κ2) is 7.88. The van der Waals surface area contributed by atoms with E-state index >= 15 is 0 Å². The lowest BCUT2D eigenvalue weighted by Gasteiger charge is -2.18. The molecule has 0 aliphatic heterocycles. The molecule has 0 fully saturated rings. The van der Waals surface area contributed by atoms with Crippen LogP contribution >= 0.6 is 11.3 Å². The van der Waals surface area contributed by atoms with Crippen molar-refractivity contribution in [2.75, 3.05) is 17.2 Å². The minimum absolute atomic E-state index is 0.0529. The van der Waals surface area contributed by atoms with E-state index in [0.717, 1.165) is 5.69 Å². The Kier molecular flexibility index (Phi) is 5.86. The molecule has 2 N–H and O–H groups in total. The molecule has 0 saturated heterocycles. The van der Waals surface area contributed by atoms with Gasteiger partial charge in [0.15, 0.2) is 5.13 Å². The van der Waals surface area contributed by atoms with Gasteiger partial charge < -0.3 is 10.1 Å². The lowest BCUT2D eigenvalue weighted by molar-refractivity contribution is -0.385. The van der Waals surface area contributed by atoms with Crippen molar-refractivity contribution in [3.05, 3.63) is 39.5 Å². The molecule has 0 bridgehead atoms. The van der Waals surface area contributed by atoms with Gasteiger partial charge in [-0.15, -0.1) is 11.3 Å². The van der Waals surface area contributed by atoms with E-state index in [1.807, 2.05) is 5.38 Å². The van der Waals surface area contributed by atoms with Gasteiger partial charge in [-0.05, 0) is 26.8 Å². The molecule has 25 heavy (non-hydrogen) atoms. The summed E-state index contributed by atoms with van der Waals surface area (Å²) in [5, 5.41) is 18.5. The molecule has 9 nitrogen and oxygen atoms in total. The molecule has 0 atom stereocenters. The van der Waals surface area contributed by atoms with Crippen molar-refractivity contribution in [2.24, 2.45) is 0 Å². The van der Waals surface area contributed by atoms with Crippen LogP contribution in [0.5, 0.6) is 0 Å². The summed E-state index contributed by atoms with van der Waals surface area (Å²) in [6, 6.07) is 2.94. The molecule has 0 aromatic carbocycles. The molecule has 0 spiro atoms. The standard InChI is InChI=1S/C15H19N5O4S/c1-15(2,3)24-14(21)19-13-18-10(9-25-13)6-7-16-12-5-4-11(8-17-12)20(22)23/h4-5,8-9H,6-7H2,1-3H3,(H,16,17)(H,18,19,21). The number of nitro groups is 1. The van der Waals surface area contributed by atoms with Crippen molar-refractivity contribution in [3.63, 3.8) is 0 Å². The smallest absolute Gasteiger partial charge is 0.413 e. The van der Waals surface area contributed by atoms with Crippen molar-refractivity contribution in [3.8, 4) is 0 Å². The van der Waals surface area contributed by atoms with Gasteiger partial charge in [-0.25, -0.2) is 14.8 Å². The number of ether oxygens (including phenoxy) is 1. The van der Waals surface area contributed by atoms with Crippen LogP contribution in [-0.4, -0.2) is 33.1 Å². The number of aromatic nitrogens is 2. The van der Waals surface area contributed by atoms with Crippen LogP contribution in [0.25, 0.3) is 0 Å². The average molecular weight is 365 g/mol. The van der Waals surface area contributed by atoms with Crippen molar-refractivity contribution in [1.82, 2.24) is 9.97 Å². The van der Waals surface area contributed by atoms with E-state index in [9.17, 15) is 14.9 Å². The van der Waals surface area contributed by atoms with Crippen molar-refractivity contribution < 1.29 is 14.5 Å². The number of rotatable bonds is 6. The zero-order chi connectivity index (χ0) is 18.4. The van der Waals surface area contributed by atoms with Gasteiger partial charge in [0.2, 0.25) is 0 Å². The van der Waals surface area contributed by atoms with E-state index in [4.69, 9.17) is 4.74 Å². The third kappa shape index (κ3) is 6.34. The van der Waals surface area contributed by atoms with E-state index in [-0.39, 0.29) is 5.69 Å². The summed E-state index contributed by atoms with van der Waals surface area (Å²) in [6.45, 7) is 5.92. The summed E-state index contributed by atoms with van der Waals surface area (Å²) in [5.41, 5.74) is 0.194. The Labute approximate surface area is 148 Å². The van der Waals surface area contributed by atoms with E-state index in [0.29, 0.717) is 23.9 Å². The zero-order valence-electron chi connectivity index (χ0n) is 14.1. The number of nitrogens with zero attached hydrogens (tertiary/aromatic N) is 3. The number of pyridine rings is 1. The quantitative estimate of drug-likeness (QED) is 0.594. The molecular formula is C15H19N5O4S. The fraction of sp³-hybridized carbons (Fsp3) is 0.400. The average Bonchev–Trinajstić information content (AvgIpc) is 2.93. The van der Waals surface area contributed by atoms with Crippen LogP contribution < -0.4 is 10.6 Å². The molecule has 2 heterocycles. The third-order valence-electron chi connectivity index (χ3n) is 2.81. The Balaban J connectivity index is 1.79. The van der Waals surface area contributed by atoms with E-state index in [1.165, 1.54) is 23.6 Å². The molecule has 1 amide bonds. The highest BCUT2D eigenvalue weighted by Crippen LogP contribution is 2.18. The number of amides is 1. The maximum absolute atomic E-state index is 11.7. The van der Waals surface area contributed by atoms with E-state index < -0.39 is 16.6 Å². The molecular weight excluding hydrogens is 346 g/mol. The second-order valence-corrected chi connectivity index (χ2v) is 6.96. The molecule has 0 unspecified atom stereocenters. The minimum atomic E-state index is -0.564. The van der Waals surface area contributed by atoms with Crippen LogP contribution in [0.1, 0.15) is 26.5 Å². The Morgan fingerprint density at radius 3 is 2.76 bits per heavy atom. The van der Waals surface area contributed by atoms with Crippen LogP contribution in [-0.2, 0) is 11.2 Å². The van der Waals surface area contributed by atoms with Crippen molar-refractivity contribution in [2.45, 2.75) is 32.8 Å². The fourth-order valence-corrected chi connectivity index (χ4v) is 2.52. The molecule has 134 valence electrons. The van der Waals surface area contributed by atoms with Crippen LogP contribution in [0, 0.1) is 10.1 Å². The van der Waals surface area contributed by atoms with E-state index in [2.05, 4.69) is 20.6 Å². The molecule has 2 rings (SSSR count). The number of thiazole rings is 1. The molecule has 0 radical (unpaired) electrons. The normalized spacial score (nSPS) is 11.0. The maximum atomic E-state index is 11.7. The molecule has 2 aromatic heterocycles. The molecule has 2 aromatic rings. The summed E-state index contributed by atoms with van der Waals surface area (Å²) in [5.74, 6) is 0.549. The topological polar surface area (TPSA) is 119 Å². The largest absolute Gasteiger partial charge is 0.444 e. The summed E-state index contributed by atoms with van der Waals surface area (Å²) in [7, 11) is 0. The highest BCUT2D eigenvalue weighted by Gasteiger charge is 2.17.